The van der Waals surface area contributed by atoms with E-state index in [0.717, 1.165) is 29.7 Å². The highest BCUT2D eigenvalue weighted by Gasteiger charge is 2.18. The van der Waals surface area contributed by atoms with Gasteiger partial charge in [-0.15, -0.1) is 0 Å². The molecule has 0 aromatic carbocycles. The van der Waals surface area contributed by atoms with Crippen molar-refractivity contribution in [3.63, 3.8) is 0 Å². The molecule has 0 saturated heterocycles. The third kappa shape index (κ3) is 3.41. The van der Waals surface area contributed by atoms with E-state index in [1.165, 1.54) is 0 Å². The van der Waals surface area contributed by atoms with Crippen molar-refractivity contribution in [2.75, 3.05) is 0 Å². The lowest BCUT2D eigenvalue weighted by Gasteiger charge is -2.22. The highest BCUT2D eigenvalue weighted by atomic mass is 16.2. The molecule has 20 heavy (non-hydrogen) atoms. The molecule has 1 aromatic rings. The van der Waals surface area contributed by atoms with Crippen molar-refractivity contribution < 1.29 is 4.79 Å². The number of allylic oxidation sites excluding steroid dienone is 3. The van der Waals surface area contributed by atoms with Crippen LogP contribution in [0.1, 0.15) is 37.0 Å². The highest BCUT2D eigenvalue weighted by Crippen LogP contribution is 2.26. The van der Waals surface area contributed by atoms with Crippen LogP contribution < -0.4 is 5.43 Å². The predicted octanol–water partition coefficient (Wildman–Crippen LogP) is 3.10. The van der Waals surface area contributed by atoms with Crippen molar-refractivity contribution in [2.24, 2.45) is 11.0 Å². The maximum atomic E-state index is 11.9. The monoisotopic (exact) mass is 269 g/mol. The molecular formula is C16H19N3O. The first-order chi connectivity index (χ1) is 9.58. The average Bonchev–Trinajstić information content (AvgIpc) is 2.46. The number of hydrogen-bond acceptors (Lipinski definition) is 3. The summed E-state index contributed by atoms with van der Waals surface area (Å²) in [5.41, 5.74) is 6.36. The number of carbonyl (C=O) groups is 1. The highest BCUT2D eigenvalue weighted by molar-refractivity contribution is 6.02. The van der Waals surface area contributed by atoms with Gasteiger partial charge in [-0.25, -0.2) is 5.43 Å². The van der Waals surface area contributed by atoms with Crippen LogP contribution in [0.4, 0.5) is 0 Å². The minimum absolute atomic E-state index is 0.217. The Morgan fingerprint density at radius 2 is 2.15 bits per heavy atom. The summed E-state index contributed by atoms with van der Waals surface area (Å²) in [6.07, 6.45) is 7.16. The molecule has 0 unspecified atom stereocenters. The van der Waals surface area contributed by atoms with Gasteiger partial charge in [0.15, 0.2) is 0 Å². The Balaban J connectivity index is 2.07. The summed E-state index contributed by atoms with van der Waals surface area (Å²) in [7, 11) is 0. The maximum absolute atomic E-state index is 11.9. The first-order valence-electron chi connectivity index (χ1n) is 6.67. The molecule has 4 nitrogen and oxygen atoms in total. The van der Waals surface area contributed by atoms with Crippen molar-refractivity contribution in [3.05, 3.63) is 53.9 Å². The summed E-state index contributed by atoms with van der Waals surface area (Å²) in [6, 6.07) is 3.32. The molecular weight excluding hydrogens is 250 g/mol. The van der Waals surface area contributed by atoms with Gasteiger partial charge >= 0.3 is 0 Å². The summed E-state index contributed by atoms with van der Waals surface area (Å²) in [6.45, 7) is 8.06. The Kier molecular flexibility index (Phi) is 4.45. The first kappa shape index (κ1) is 14.2. The van der Waals surface area contributed by atoms with Crippen LogP contribution in [0, 0.1) is 5.92 Å². The molecule has 104 valence electrons. The van der Waals surface area contributed by atoms with E-state index in [1.54, 1.807) is 24.5 Å². The third-order valence-corrected chi connectivity index (χ3v) is 3.54. The molecule has 4 heteroatoms. The molecule has 0 spiro atoms. The number of nitrogens with one attached hydrogen (secondary N) is 1. The Hall–Kier alpha value is -2.23. The van der Waals surface area contributed by atoms with Gasteiger partial charge in [0.05, 0.1) is 5.71 Å². The normalized spacial score (nSPS) is 20.4. The molecule has 1 aromatic heterocycles. The van der Waals surface area contributed by atoms with E-state index in [2.05, 4.69) is 28.2 Å². The quantitative estimate of drug-likeness (QED) is 0.677. The summed E-state index contributed by atoms with van der Waals surface area (Å²) in [5.74, 6) is 0.195. The Morgan fingerprint density at radius 1 is 1.45 bits per heavy atom. The summed E-state index contributed by atoms with van der Waals surface area (Å²) >= 11 is 0. The molecule has 0 aliphatic heterocycles. The van der Waals surface area contributed by atoms with E-state index in [-0.39, 0.29) is 5.91 Å². The van der Waals surface area contributed by atoms with Crippen molar-refractivity contribution in [1.82, 2.24) is 10.4 Å². The van der Waals surface area contributed by atoms with Crippen LogP contribution in [0.3, 0.4) is 0 Å². The SMILES string of the molecule is C=C(C)[C@@H]1CC=C(C)C(=NNC(=O)c2ccncc2)C1. The van der Waals surface area contributed by atoms with Gasteiger partial charge in [0, 0.05) is 18.0 Å². The molecule has 2 rings (SSSR count). The van der Waals surface area contributed by atoms with Crippen LogP contribution in [0.5, 0.6) is 0 Å². The number of carbonyl (C=O) groups excluding carboxylic acids is 1. The van der Waals surface area contributed by atoms with Crippen LogP contribution in [-0.2, 0) is 0 Å². The standard InChI is InChI=1S/C16H19N3O/c1-11(2)14-5-4-12(3)15(10-14)18-19-16(20)13-6-8-17-9-7-13/h4,6-9,14H,1,5,10H2,2-3H3,(H,19,20)/t14-/m1/s1. The van der Waals surface area contributed by atoms with Gasteiger partial charge in [0.2, 0.25) is 0 Å². The van der Waals surface area contributed by atoms with Crippen LogP contribution >= 0.6 is 0 Å². The summed E-state index contributed by atoms with van der Waals surface area (Å²) in [5, 5.41) is 4.26. The predicted molar refractivity (Wildman–Crippen MR) is 80.4 cm³/mol. The number of nitrogens with zero attached hydrogens (tertiary/aromatic N) is 2. The van der Waals surface area contributed by atoms with Crippen LogP contribution in [0.15, 0.2) is 53.4 Å². The fraction of sp³-hybridized carbons (Fsp3) is 0.312. The number of aromatic nitrogens is 1. The molecule has 0 saturated carbocycles. The van der Waals surface area contributed by atoms with Gasteiger partial charge in [0.25, 0.3) is 5.91 Å². The lowest BCUT2D eigenvalue weighted by molar-refractivity contribution is 0.0954. The Labute approximate surface area is 119 Å². The maximum Gasteiger partial charge on any atom is 0.271 e. The molecule has 1 N–H and O–H groups in total. The molecule has 0 fully saturated rings. The number of rotatable bonds is 3. The zero-order valence-electron chi connectivity index (χ0n) is 11.9. The van der Waals surface area contributed by atoms with Crippen molar-refractivity contribution in [3.8, 4) is 0 Å². The van der Waals surface area contributed by atoms with E-state index in [1.807, 2.05) is 13.8 Å². The van der Waals surface area contributed by atoms with Gasteiger partial charge < -0.3 is 0 Å². The lowest BCUT2D eigenvalue weighted by atomic mass is 9.85. The number of amides is 1. The molecule has 1 atom stereocenters. The van der Waals surface area contributed by atoms with Crippen LogP contribution in [0.25, 0.3) is 0 Å². The fourth-order valence-electron chi connectivity index (χ4n) is 2.11. The topological polar surface area (TPSA) is 54.4 Å². The Morgan fingerprint density at radius 3 is 2.80 bits per heavy atom. The van der Waals surface area contributed by atoms with E-state index in [9.17, 15) is 4.79 Å². The van der Waals surface area contributed by atoms with Gasteiger partial charge in [0.1, 0.15) is 0 Å². The van der Waals surface area contributed by atoms with Gasteiger partial charge in [-0.1, -0.05) is 18.2 Å². The van der Waals surface area contributed by atoms with E-state index in [4.69, 9.17) is 0 Å². The van der Waals surface area contributed by atoms with Crippen molar-refractivity contribution in [1.29, 1.82) is 0 Å². The zero-order valence-corrected chi connectivity index (χ0v) is 11.9. The van der Waals surface area contributed by atoms with Gasteiger partial charge in [-0.2, -0.15) is 5.10 Å². The van der Waals surface area contributed by atoms with Crippen molar-refractivity contribution >= 4 is 11.6 Å². The number of hydrogen-bond donors (Lipinski definition) is 1. The van der Waals surface area contributed by atoms with E-state index < -0.39 is 0 Å². The third-order valence-electron chi connectivity index (χ3n) is 3.54. The summed E-state index contributed by atoms with van der Waals surface area (Å²) < 4.78 is 0. The van der Waals surface area contributed by atoms with E-state index >= 15 is 0 Å². The van der Waals surface area contributed by atoms with Gasteiger partial charge in [-0.05, 0) is 50.3 Å². The zero-order chi connectivity index (χ0) is 14.5. The fourth-order valence-corrected chi connectivity index (χ4v) is 2.11. The molecule has 1 amide bonds. The van der Waals surface area contributed by atoms with E-state index in [0.29, 0.717) is 11.5 Å². The molecule has 0 bridgehead atoms. The summed E-state index contributed by atoms with van der Waals surface area (Å²) in [4.78, 5) is 15.8. The van der Waals surface area contributed by atoms with Crippen LogP contribution in [-0.4, -0.2) is 16.6 Å². The molecule has 1 aliphatic rings. The molecule has 0 radical (unpaired) electrons. The second kappa shape index (κ2) is 6.28. The van der Waals surface area contributed by atoms with Crippen molar-refractivity contribution in [2.45, 2.75) is 26.7 Å². The average molecular weight is 269 g/mol. The number of hydrazone groups is 1. The molecule has 1 aliphatic carbocycles. The smallest absolute Gasteiger partial charge is 0.267 e. The minimum atomic E-state index is -0.217. The lowest BCUT2D eigenvalue weighted by Crippen LogP contribution is -2.23. The first-order valence-corrected chi connectivity index (χ1v) is 6.67. The second-order valence-electron chi connectivity index (χ2n) is 5.11. The number of pyridine rings is 1. The van der Waals surface area contributed by atoms with Gasteiger partial charge in [-0.3, -0.25) is 9.78 Å². The Bertz CT molecular complexity index is 573. The molecule has 1 heterocycles. The minimum Gasteiger partial charge on any atom is -0.267 e. The second-order valence-corrected chi connectivity index (χ2v) is 5.11. The largest absolute Gasteiger partial charge is 0.271 e. The van der Waals surface area contributed by atoms with Crippen LogP contribution in [0.2, 0.25) is 0 Å².